The highest BCUT2D eigenvalue weighted by Gasteiger charge is 2.51. The zero-order valence-electron chi connectivity index (χ0n) is 13.5. The molecule has 3 heterocycles. The Kier molecular flexibility index (Phi) is 3.28. The Labute approximate surface area is 143 Å². The van der Waals surface area contributed by atoms with E-state index in [2.05, 4.69) is 20.3 Å². The lowest BCUT2D eigenvalue weighted by atomic mass is 9.97. The van der Waals surface area contributed by atoms with E-state index in [-0.39, 0.29) is 5.91 Å². The number of aryl methyl sites for hydroxylation is 1. The van der Waals surface area contributed by atoms with Crippen molar-refractivity contribution in [3.05, 3.63) is 34.5 Å². The fraction of sp³-hybridized carbons (Fsp3) is 0.294. The topological polar surface area (TPSA) is 93.8 Å². The van der Waals surface area contributed by atoms with Gasteiger partial charge >= 0.3 is 0 Å². The molecule has 3 aromatic heterocycles. The monoisotopic (exact) mass is 339 g/mol. The zero-order valence-corrected chi connectivity index (χ0v) is 14.3. The van der Waals surface area contributed by atoms with Gasteiger partial charge in [-0.1, -0.05) is 0 Å². The Balaban J connectivity index is 1.98. The molecule has 1 aliphatic carbocycles. The maximum atomic E-state index is 11.8. The SMILES string of the molecule is CNc1ncc(-c2csc(C)n2)c2cc(C3(C(N)=O)CC3)ncc12. The molecular formula is C17H17N5OS. The molecule has 24 heavy (non-hydrogen) atoms. The number of hydrogen-bond acceptors (Lipinski definition) is 6. The van der Waals surface area contributed by atoms with E-state index >= 15 is 0 Å². The highest BCUT2D eigenvalue weighted by atomic mass is 32.1. The van der Waals surface area contributed by atoms with Gasteiger partial charge in [0.25, 0.3) is 0 Å². The van der Waals surface area contributed by atoms with Gasteiger partial charge in [-0.2, -0.15) is 0 Å². The minimum absolute atomic E-state index is 0.303. The Bertz CT molecular complexity index is 961. The van der Waals surface area contributed by atoms with Crippen molar-refractivity contribution in [3.63, 3.8) is 0 Å². The molecule has 0 saturated heterocycles. The molecule has 122 valence electrons. The fourth-order valence-electron chi connectivity index (χ4n) is 3.04. The Hall–Kier alpha value is -2.54. The summed E-state index contributed by atoms with van der Waals surface area (Å²) >= 11 is 1.60. The van der Waals surface area contributed by atoms with E-state index in [1.54, 1.807) is 17.5 Å². The maximum Gasteiger partial charge on any atom is 0.229 e. The van der Waals surface area contributed by atoms with E-state index < -0.39 is 5.41 Å². The van der Waals surface area contributed by atoms with Gasteiger partial charge in [-0.15, -0.1) is 11.3 Å². The van der Waals surface area contributed by atoms with Gasteiger partial charge in [0.05, 0.1) is 21.8 Å². The van der Waals surface area contributed by atoms with Gasteiger partial charge in [0.2, 0.25) is 5.91 Å². The van der Waals surface area contributed by atoms with Crippen LogP contribution in [0.1, 0.15) is 23.5 Å². The number of amides is 1. The van der Waals surface area contributed by atoms with Gasteiger partial charge in [-0.25, -0.2) is 9.97 Å². The average molecular weight is 339 g/mol. The number of nitrogens with one attached hydrogen (secondary N) is 1. The zero-order chi connectivity index (χ0) is 16.9. The number of aromatic nitrogens is 3. The van der Waals surface area contributed by atoms with Crippen LogP contribution in [0.4, 0.5) is 5.82 Å². The minimum atomic E-state index is -0.605. The van der Waals surface area contributed by atoms with Crippen molar-refractivity contribution >= 4 is 33.8 Å². The van der Waals surface area contributed by atoms with E-state index in [1.807, 2.05) is 31.6 Å². The smallest absolute Gasteiger partial charge is 0.229 e. The lowest BCUT2D eigenvalue weighted by Crippen LogP contribution is -2.29. The number of pyridine rings is 2. The number of carbonyl (C=O) groups is 1. The summed E-state index contributed by atoms with van der Waals surface area (Å²) in [5.41, 5.74) is 7.57. The molecule has 0 bridgehead atoms. The van der Waals surface area contributed by atoms with Gasteiger partial charge in [-0.05, 0) is 31.2 Å². The molecule has 1 saturated carbocycles. The molecule has 0 aromatic carbocycles. The number of anilines is 1. The summed E-state index contributed by atoms with van der Waals surface area (Å²) in [6.45, 7) is 1.98. The van der Waals surface area contributed by atoms with E-state index in [0.29, 0.717) is 0 Å². The number of primary amides is 1. The van der Waals surface area contributed by atoms with Crippen LogP contribution in [0.2, 0.25) is 0 Å². The number of nitrogens with two attached hydrogens (primary N) is 1. The van der Waals surface area contributed by atoms with Gasteiger partial charge in [0.15, 0.2) is 0 Å². The summed E-state index contributed by atoms with van der Waals surface area (Å²) in [6.07, 6.45) is 5.11. The second kappa shape index (κ2) is 5.24. The number of fused-ring (bicyclic) bond motifs is 1. The van der Waals surface area contributed by atoms with Crippen molar-refractivity contribution in [1.29, 1.82) is 0 Å². The van der Waals surface area contributed by atoms with E-state index in [1.165, 1.54) is 0 Å². The second-order valence-corrected chi connectivity index (χ2v) is 7.15. The largest absolute Gasteiger partial charge is 0.373 e. The standard InChI is InChI=1S/C17H17N5OS/c1-9-22-13(8-24-9)11-6-21-15(19-2)12-7-20-14(5-10(11)12)17(3-4-17)16(18)23/h5-8H,3-4H2,1-2H3,(H2,18,23)(H,19,21). The number of nitrogens with zero attached hydrogens (tertiary/aromatic N) is 3. The van der Waals surface area contributed by atoms with Crippen LogP contribution in [0.25, 0.3) is 22.0 Å². The molecule has 1 aliphatic rings. The first-order valence-electron chi connectivity index (χ1n) is 7.74. The van der Waals surface area contributed by atoms with Crippen molar-refractivity contribution in [2.24, 2.45) is 5.73 Å². The molecular weight excluding hydrogens is 322 g/mol. The summed E-state index contributed by atoms with van der Waals surface area (Å²) in [5.74, 6) is 0.451. The van der Waals surface area contributed by atoms with Gasteiger partial charge < -0.3 is 11.1 Å². The lowest BCUT2D eigenvalue weighted by molar-refractivity contribution is -0.120. The summed E-state index contributed by atoms with van der Waals surface area (Å²) in [4.78, 5) is 25.4. The molecule has 0 atom stereocenters. The summed E-state index contributed by atoms with van der Waals surface area (Å²) in [5, 5.41) is 8.00. The highest BCUT2D eigenvalue weighted by molar-refractivity contribution is 7.09. The first kappa shape index (κ1) is 15.0. The van der Waals surface area contributed by atoms with Crippen LogP contribution in [-0.4, -0.2) is 27.9 Å². The van der Waals surface area contributed by atoms with Crippen LogP contribution in [0.5, 0.6) is 0 Å². The molecule has 1 fully saturated rings. The Morgan fingerprint density at radius 2 is 2.08 bits per heavy atom. The van der Waals surface area contributed by atoms with E-state index in [9.17, 15) is 4.79 Å². The minimum Gasteiger partial charge on any atom is -0.373 e. The summed E-state index contributed by atoms with van der Waals surface area (Å²) < 4.78 is 0. The van der Waals surface area contributed by atoms with Crippen LogP contribution in [-0.2, 0) is 10.2 Å². The number of hydrogen-bond donors (Lipinski definition) is 2. The molecule has 4 rings (SSSR count). The van der Waals surface area contributed by atoms with Crippen LogP contribution in [0, 0.1) is 6.92 Å². The summed E-state index contributed by atoms with van der Waals surface area (Å²) in [6, 6.07) is 1.97. The van der Waals surface area contributed by atoms with Crippen molar-refractivity contribution < 1.29 is 4.79 Å². The van der Waals surface area contributed by atoms with Crippen molar-refractivity contribution in [3.8, 4) is 11.3 Å². The maximum absolute atomic E-state index is 11.8. The van der Waals surface area contributed by atoms with Crippen LogP contribution >= 0.6 is 11.3 Å². The number of thiazole rings is 1. The van der Waals surface area contributed by atoms with Crippen LogP contribution in [0.3, 0.4) is 0 Å². The first-order chi connectivity index (χ1) is 11.5. The molecule has 3 N–H and O–H groups in total. The molecule has 0 unspecified atom stereocenters. The Morgan fingerprint density at radius 3 is 2.67 bits per heavy atom. The first-order valence-corrected chi connectivity index (χ1v) is 8.62. The molecule has 7 heteroatoms. The average Bonchev–Trinajstić information content (AvgIpc) is 3.30. The quantitative estimate of drug-likeness (QED) is 0.762. The normalized spacial score (nSPS) is 15.4. The van der Waals surface area contributed by atoms with Crippen molar-refractivity contribution in [2.45, 2.75) is 25.2 Å². The van der Waals surface area contributed by atoms with E-state index in [4.69, 9.17) is 5.73 Å². The van der Waals surface area contributed by atoms with Gasteiger partial charge in [0.1, 0.15) is 5.82 Å². The molecule has 6 nitrogen and oxygen atoms in total. The fourth-order valence-corrected chi connectivity index (χ4v) is 3.65. The van der Waals surface area contributed by atoms with Crippen LogP contribution in [0.15, 0.2) is 23.8 Å². The third-order valence-electron chi connectivity index (χ3n) is 4.62. The molecule has 0 spiro atoms. The van der Waals surface area contributed by atoms with E-state index in [0.717, 1.165) is 51.4 Å². The third-order valence-corrected chi connectivity index (χ3v) is 5.39. The molecule has 0 radical (unpaired) electrons. The third kappa shape index (κ3) is 2.16. The lowest BCUT2D eigenvalue weighted by Gasteiger charge is -2.14. The molecule has 1 amide bonds. The van der Waals surface area contributed by atoms with Crippen molar-refractivity contribution in [1.82, 2.24) is 15.0 Å². The van der Waals surface area contributed by atoms with Gasteiger partial charge in [-0.3, -0.25) is 9.78 Å². The Morgan fingerprint density at radius 1 is 1.29 bits per heavy atom. The number of rotatable bonds is 4. The highest BCUT2D eigenvalue weighted by Crippen LogP contribution is 2.48. The predicted octanol–water partition coefficient (Wildman–Crippen LogP) is 2.62. The second-order valence-electron chi connectivity index (χ2n) is 6.08. The molecule has 0 aliphatic heterocycles. The number of carbonyl (C=O) groups excluding carboxylic acids is 1. The van der Waals surface area contributed by atoms with Gasteiger partial charge in [0, 0.05) is 35.8 Å². The summed E-state index contributed by atoms with van der Waals surface area (Å²) in [7, 11) is 1.83. The van der Waals surface area contributed by atoms with Crippen LogP contribution < -0.4 is 11.1 Å². The molecule has 3 aromatic rings. The van der Waals surface area contributed by atoms with Crippen molar-refractivity contribution in [2.75, 3.05) is 12.4 Å². The predicted molar refractivity (Wildman–Crippen MR) is 95.0 cm³/mol.